The third-order valence-corrected chi connectivity index (χ3v) is 5.20. The van der Waals surface area contributed by atoms with E-state index in [0.29, 0.717) is 18.1 Å². The third-order valence-electron chi connectivity index (χ3n) is 4.71. The van der Waals surface area contributed by atoms with Crippen LogP contribution in [-0.2, 0) is 10.3 Å². The van der Waals surface area contributed by atoms with Crippen LogP contribution in [0.5, 0.6) is 0 Å². The molecule has 1 aromatic heterocycles. The first kappa shape index (κ1) is 18.0. The number of pyridine rings is 1. The molecule has 2 aromatic rings. The van der Waals surface area contributed by atoms with Crippen molar-refractivity contribution in [3.63, 3.8) is 0 Å². The number of aromatic nitrogens is 1. The van der Waals surface area contributed by atoms with Crippen molar-refractivity contribution in [3.05, 3.63) is 64.9 Å². The fraction of sp³-hybridized carbons (Fsp3) is 0.316. The number of nitrogens with zero attached hydrogens (tertiary/aromatic N) is 3. The number of benzene rings is 1. The van der Waals surface area contributed by atoms with Gasteiger partial charge in [0.1, 0.15) is 0 Å². The van der Waals surface area contributed by atoms with Crippen molar-refractivity contribution >= 4 is 35.1 Å². The van der Waals surface area contributed by atoms with Gasteiger partial charge in [0, 0.05) is 44.1 Å². The fourth-order valence-corrected chi connectivity index (χ4v) is 3.73. The predicted molar refractivity (Wildman–Crippen MR) is 104 cm³/mol. The van der Waals surface area contributed by atoms with Crippen molar-refractivity contribution in [3.8, 4) is 0 Å². The highest BCUT2D eigenvalue weighted by Crippen LogP contribution is 2.40. The smallest absolute Gasteiger partial charge is 0.252 e. The van der Waals surface area contributed by atoms with E-state index in [4.69, 9.17) is 23.8 Å². The van der Waals surface area contributed by atoms with Gasteiger partial charge < -0.3 is 4.90 Å². The number of piperazine rings is 1. The SMILES string of the molecule is CN1CCN(CCC=S)C(c2ccncc2)(c2ccc(Cl)cc2)C1=O. The summed E-state index contributed by atoms with van der Waals surface area (Å²) in [5.74, 6) is 0.0524. The summed E-state index contributed by atoms with van der Waals surface area (Å²) < 4.78 is 0. The van der Waals surface area contributed by atoms with Crippen LogP contribution < -0.4 is 0 Å². The van der Waals surface area contributed by atoms with E-state index in [1.165, 1.54) is 0 Å². The van der Waals surface area contributed by atoms with Crippen LogP contribution >= 0.6 is 23.8 Å². The molecule has 0 N–H and O–H groups in total. The van der Waals surface area contributed by atoms with Gasteiger partial charge in [-0.2, -0.15) is 0 Å². The molecule has 6 heteroatoms. The molecule has 1 aromatic carbocycles. The van der Waals surface area contributed by atoms with Crippen LogP contribution in [0.4, 0.5) is 0 Å². The molecule has 0 radical (unpaired) electrons. The molecule has 25 heavy (non-hydrogen) atoms. The Balaban J connectivity index is 2.23. The number of carbonyl (C=O) groups is 1. The Bertz CT molecular complexity index is 753. The van der Waals surface area contributed by atoms with Crippen molar-refractivity contribution in [1.29, 1.82) is 0 Å². The molecule has 1 unspecified atom stereocenters. The number of hydrogen-bond donors (Lipinski definition) is 0. The maximum atomic E-state index is 13.5. The van der Waals surface area contributed by atoms with Gasteiger partial charge in [-0.3, -0.25) is 14.7 Å². The van der Waals surface area contributed by atoms with E-state index in [-0.39, 0.29) is 5.91 Å². The number of amides is 1. The minimum Gasteiger partial charge on any atom is -0.342 e. The summed E-state index contributed by atoms with van der Waals surface area (Å²) in [7, 11) is 1.85. The average molecular weight is 374 g/mol. The molecule has 1 fully saturated rings. The van der Waals surface area contributed by atoms with E-state index in [9.17, 15) is 4.79 Å². The number of rotatable bonds is 5. The Kier molecular flexibility index (Phi) is 5.47. The molecule has 0 bridgehead atoms. The Morgan fingerprint density at radius 3 is 2.44 bits per heavy atom. The van der Waals surface area contributed by atoms with Crippen molar-refractivity contribution in [2.45, 2.75) is 12.0 Å². The first-order valence-corrected chi connectivity index (χ1v) is 9.06. The first-order chi connectivity index (χ1) is 12.1. The van der Waals surface area contributed by atoms with Crippen LogP contribution in [0.25, 0.3) is 0 Å². The third kappa shape index (κ3) is 3.19. The minimum atomic E-state index is -0.890. The molecule has 130 valence electrons. The molecule has 1 aliphatic rings. The summed E-state index contributed by atoms with van der Waals surface area (Å²) in [5.41, 5.74) is 0.925. The predicted octanol–water partition coefficient (Wildman–Crippen LogP) is 3.14. The van der Waals surface area contributed by atoms with Gasteiger partial charge >= 0.3 is 0 Å². The number of hydrogen-bond acceptors (Lipinski definition) is 4. The highest BCUT2D eigenvalue weighted by molar-refractivity contribution is 7.78. The molecule has 1 saturated heterocycles. The number of likely N-dealkylation sites (N-methyl/N-ethyl adjacent to an activating group) is 1. The molecule has 1 aliphatic heterocycles. The second-order valence-electron chi connectivity index (χ2n) is 6.12. The first-order valence-electron chi connectivity index (χ1n) is 8.21. The lowest BCUT2D eigenvalue weighted by molar-refractivity contribution is -0.147. The molecule has 4 nitrogen and oxygen atoms in total. The van der Waals surface area contributed by atoms with Gasteiger partial charge in [-0.05, 0) is 47.2 Å². The van der Waals surface area contributed by atoms with Crippen molar-refractivity contribution in [2.24, 2.45) is 0 Å². The molecule has 0 spiro atoms. The summed E-state index contributed by atoms with van der Waals surface area (Å²) in [6, 6.07) is 11.4. The van der Waals surface area contributed by atoms with E-state index in [2.05, 4.69) is 9.88 Å². The number of thiocarbonyl (C=S) groups is 1. The van der Waals surface area contributed by atoms with Crippen molar-refractivity contribution in [2.75, 3.05) is 26.7 Å². The van der Waals surface area contributed by atoms with Gasteiger partial charge in [-0.25, -0.2) is 0 Å². The van der Waals surface area contributed by atoms with Gasteiger partial charge in [0.15, 0.2) is 5.54 Å². The summed E-state index contributed by atoms with van der Waals surface area (Å²) in [5, 5.41) is 2.37. The quantitative estimate of drug-likeness (QED) is 0.754. The molecular weight excluding hydrogens is 354 g/mol. The number of halogens is 1. The van der Waals surface area contributed by atoms with Gasteiger partial charge in [-0.15, -0.1) is 0 Å². The average Bonchev–Trinajstić information content (AvgIpc) is 2.64. The van der Waals surface area contributed by atoms with Gasteiger partial charge in [0.2, 0.25) is 0 Å². The van der Waals surface area contributed by atoms with Crippen LogP contribution in [0.15, 0.2) is 48.8 Å². The van der Waals surface area contributed by atoms with Crippen LogP contribution in [0.3, 0.4) is 0 Å². The lowest BCUT2D eigenvalue weighted by Gasteiger charge is -2.49. The van der Waals surface area contributed by atoms with Crippen molar-refractivity contribution in [1.82, 2.24) is 14.8 Å². The molecule has 0 saturated carbocycles. The van der Waals surface area contributed by atoms with Gasteiger partial charge in [0.25, 0.3) is 5.91 Å². The molecule has 1 amide bonds. The lowest BCUT2D eigenvalue weighted by atomic mass is 9.78. The monoisotopic (exact) mass is 373 g/mol. The zero-order valence-electron chi connectivity index (χ0n) is 14.1. The van der Waals surface area contributed by atoms with Gasteiger partial charge in [0.05, 0.1) is 0 Å². The topological polar surface area (TPSA) is 36.4 Å². The molecule has 1 atom stereocenters. The standard InChI is InChI=1S/C19H20ClN3OS/c1-22-12-13-23(11-2-14-25)19(18(22)24,16-7-9-21-10-8-16)15-3-5-17(20)6-4-15/h3-10,14H,2,11-13H2,1H3. The van der Waals surface area contributed by atoms with E-state index in [1.807, 2.05) is 43.4 Å². The van der Waals surface area contributed by atoms with Crippen molar-refractivity contribution < 1.29 is 4.79 Å². The Morgan fingerprint density at radius 1 is 1.16 bits per heavy atom. The minimum absolute atomic E-state index is 0.0524. The van der Waals surface area contributed by atoms with Crippen LogP contribution in [-0.4, -0.2) is 52.7 Å². The maximum Gasteiger partial charge on any atom is 0.252 e. The maximum absolute atomic E-state index is 13.5. The Morgan fingerprint density at radius 2 is 1.80 bits per heavy atom. The molecular formula is C19H20ClN3OS. The normalized spacial score (nSPS) is 21.4. The Hall–Kier alpha value is -1.82. The summed E-state index contributed by atoms with van der Waals surface area (Å²) in [6.45, 7) is 2.18. The zero-order valence-corrected chi connectivity index (χ0v) is 15.6. The second-order valence-corrected chi connectivity index (χ2v) is 6.89. The molecule has 3 rings (SSSR count). The second kappa shape index (κ2) is 7.60. The van der Waals surface area contributed by atoms with Crippen LogP contribution in [0.2, 0.25) is 5.02 Å². The Labute approximate surface area is 158 Å². The molecule has 0 aliphatic carbocycles. The van der Waals surface area contributed by atoms with E-state index in [1.54, 1.807) is 22.7 Å². The van der Waals surface area contributed by atoms with Crippen LogP contribution in [0, 0.1) is 0 Å². The number of carbonyl (C=O) groups excluding carboxylic acids is 1. The van der Waals surface area contributed by atoms with E-state index < -0.39 is 5.54 Å². The molecule has 2 heterocycles. The highest BCUT2D eigenvalue weighted by atomic mass is 35.5. The summed E-state index contributed by atoms with van der Waals surface area (Å²) in [4.78, 5) is 21.6. The largest absolute Gasteiger partial charge is 0.342 e. The van der Waals surface area contributed by atoms with Crippen LogP contribution in [0.1, 0.15) is 17.5 Å². The zero-order chi connectivity index (χ0) is 17.9. The summed E-state index contributed by atoms with van der Waals surface area (Å²) in [6.07, 6.45) is 4.20. The van der Waals surface area contributed by atoms with Gasteiger partial charge in [-0.1, -0.05) is 36.0 Å². The fourth-order valence-electron chi connectivity index (χ4n) is 3.50. The van der Waals surface area contributed by atoms with E-state index >= 15 is 0 Å². The lowest BCUT2D eigenvalue weighted by Crippen LogP contribution is -2.63. The van der Waals surface area contributed by atoms with E-state index in [0.717, 1.165) is 24.1 Å². The summed E-state index contributed by atoms with van der Waals surface area (Å²) >= 11 is 11.1. The highest BCUT2D eigenvalue weighted by Gasteiger charge is 2.50.